The Morgan fingerprint density at radius 1 is 1.26 bits per heavy atom. The van der Waals surface area contributed by atoms with E-state index in [4.69, 9.17) is 4.52 Å². The lowest BCUT2D eigenvalue weighted by molar-refractivity contribution is 0.166. The molecule has 1 fully saturated rings. The molecule has 1 heterocycles. The molecule has 1 aromatic rings. The zero-order valence-electron chi connectivity index (χ0n) is 12.4. The van der Waals surface area contributed by atoms with E-state index < -0.39 is 0 Å². The van der Waals surface area contributed by atoms with E-state index in [1.807, 2.05) is 0 Å². The average Bonchev–Trinajstić information content (AvgIpc) is 2.86. The van der Waals surface area contributed by atoms with Crippen molar-refractivity contribution in [2.75, 3.05) is 0 Å². The van der Waals surface area contributed by atoms with Crippen LogP contribution in [-0.2, 0) is 0 Å². The molecule has 0 spiro atoms. The molecule has 0 saturated heterocycles. The summed E-state index contributed by atoms with van der Waals surface area (Å²) >= 11 is 3.56. The molecule has 19 heavy (non-hydrogen) atoms. The van der Waals surface area contributed by atoms with Crippen molar-refractivity contribution in [2.24, 2.45) is 11.3 Å². The fourth-order valence-electron chi connectivity index (χ4n) is 2.93. The summed E-state index contributed by atoms with van der Waals surface area (Å²) in [6.07, 6.45) is 5.92. The maximum absolute atomic E-state index is 5.36. The molecule has 1 saturated carbocycles. The number of aromatic nitrogens is 2. The molecule has 0 amide bonds. The first-order valence-corrected chi connectivity index (χ1v) is 8.31. The van der Waals surface area contributed by atoms with E-state index in [0.29, 0.717) is 11.3 Å². The van der Waals surface area contributed by atoms with Crippen molar-refractivity contribution in [3.05, 3.63) is 11.7 Å². The first-order valence-electron chi connectivity index (χ1n) is 7.39. The quantitative estimate of drug-likeness (QED) is 0.712. The van der Waals surface area contributed by atoms with Crippen LogP contribution in [0, 0.1) is 11.3 Å². The Balaban J connectivity index is 1.96. The van der Waals surface area contributed by atoms with Crippen molar-refractivity contribution in [1.29, 1.82) is 0 Å². The van der Waals surface area contributed by atoms with Gasteiger partial charge in [-0.05, 0) is 43.4 Å². The van der Waals surface area contributed by atoms with E-state index >= 15 is 0 Å². The normalized spacial score (nSPS) is 26.4. The van der Waals surface area contributed by atoms with Gasteiger partial charge in [0, 0.05) is 5.92 Å². The molecule has 1 aromatic heterocycles. The molecule has 0 N–H and O–H groups in total. The van der Waals surface area contributed by atoms with Crippen molar-refractivity contribution in [3.63, 3.8) is 0 Å². The Labute approximate surface area is 124 Å². The smallest absolute Gasteiger partial charge is 0.240 e. The fraction of sp³-hybridized carbons (Fsp3) is 0.867. The van der Waals surface area contributed by atoms with Crippen LogP contribution in [0.25, 0.3) is 0 Å². The first kappa shape index (κ1) is 15.0. The van der Waals surface area contributed by atoms with Gasteiger partial charge in [-0.15, -0.1) is 0 Å². The maximum Gasteiger partial charge on any atom is 0.240 e. The van der Waals surface area contributed by atoms with Gasteiger partial charge in [-0.1, -0.05) is 48.8 Å². The first-order chi connectivity index (χ1) is 8.91. The molecule has 1 atom stereocenters. The molecule has 0 aromatic carbocycles. The van der Waals surface area contributed by atoms with E-state index in [2.05, 4.69) is 53.8 Å². The van der Waals surface area contributed by atoms with Crippen LogP contribution < -0.4 is 0 Å². The standard InChI is InChI=1S/C15H25BrN2O/c1-5-12(16)14-17-13(18-19-14)10-6-8-11(9-7-10)15(2,3)4/h10-12H,5-9H2,1-4H3. The largest absolute Gasteiger partial charge is 0.338 e. The summed E-state index contributed by atoms with van der Waals surface area (Å²) in [6, 6.07) is 0. The summed E-state index contributed by atoms with van der Waals surface area (Å²) in [5, 5.41) is 4.18. The second-order valence-electron chi connectivity index (χ2n) is 6.78. The van der Waals surface area contributed by atoms with Crippen LogP contribution in [0.5, 0.6) is 0 Å². The molecule has 1 aliphatic carbocycles. The number of alkyl halides is 1. The zero-order valence-corrected chi connectivity index (χ0v) is 14.0. The lowest BCUT2D eigenvalue weighted by Crippen LogP contribution is -2.25. The highest BCUT2D eigenvalue weighted by molar-refractivity contribution is 9.09. The van der Waals surface area contributed by atoms with Gasteiger partial charge in [0.1, 0.15) is 0 Å². The van der Waals surface area contributed by atoms with Crippen LogP contribution >= 0.6 is 15.9 Å². The summed E-state index contributed by atoms with van der Waals surface area (Å²) in [5.74, 6) is 2.97. The van der Waals surface area contributed by atoms with Crippen molar-refractivity contribution in [2.45, 2.75) is 70.5 Å². The summed E-state index contributed by atoms with van der Waals surface area (Å²) in [6.45, 7) is 9.15. The minimum Gasteiger partial charge on any atom is -0.338 e. The molecule has 0 radical (unpaired) electrons. The minimum absolute atomic E-state index is 0.194. The van der Waals surface area contributed by atoms with Gasteiger partial charge in [0.2, 0.25) is 5.89 Å². The van der Waals surface area contributed by atoms with Gasteiger partial charge in [-0.25, -0.2) is 0 Å². The van der Waals surface area contributed by atoms with Crippen LogP contribution in [0.1, 0.15) is 82.3 Å². The minimum atomic E-state index is 0.194. The number of hydrogen-bond acceptors (Lipinski definition) is 3. The Bertz CT molecular complexity index is 403. The van der Waals surface area contributed by atoms with Gasteiger partial charge >= 0.3 is 0 Å². The van der Waals surface area contributed by atoms with Gasteiger partial charge in [0.25, 0.3) is 0 Å². The molecule has 3 nitrogen and oxygen atoms in total. The molecule has 2 rings (SSSR count). The summed E-state index contributed by atoms with van der Waals surface area (Å²) in [4.78, 5) is 4.76. The third-order valence-electron chi connectivity index (χ3n) is 4.40. The summed E-state index contributed by atoms with van der Waals surface area (Å²) in [7, 11) is 0. The molecule has 0 bridgehead atoms. The second-order valence-corrected chi connectivity index (χ2v) is 7.89. The number of rotatable bonds is 3. The Kier molecular flexibility index (Phi) is 4.70. The highest BCUT2D eigenvalue weighted by Crippen LogP contribution is 2.42. The predicted octanol–water partition coefficient (Wildman–Crippen LogP) is 5.24. The van der Waals surface area contributed by atoms with Gasteiger partial charge < -0.3 is 4.52 Å². The Hall–Kier alpha value is -0.380. The monoisotopic (exact) mass is 328 g/mol. The van der Waals surface area contributed by atoms with Gasteiger partial charge in [0.05, 0.1) is 4.83 Å². The van der Waals surface area contributed by atoms with Gasteiger partial charge in [-0.3, -0.25) is 0 Å². The SMILES string of the molecule is CCC(Br)c1nc(C2CCC(C(C)(C)C)CC2)no1. The lowest BCUT2D eigenvalue weighted by atomic mass is 9.70. The lowest BCUT2D eigenvalue weighted by Gasteiger charge is -2.36. The predicted molar refractivity (Wildman–Crippen MR) is 80.4 cm³/mol. The zero-order chi connectivity index (χ0) is 14.0. The topological polar surface area (TPSA) is 38.9 Å². The Morgan fingerprint density at radius 3 is 2.42 bits per heavy atom. The van der Waals surface area contributed by atoms with Crippen LogP contribution in [0.2, 0.25) is 0 Å². The van der Waals surface area contributed by atoms with Crippen molar-refractivity contribution in [3.8, 4) is 0 Å². The molecule has 4 heteroatoms. The van der Waals surface area contributed by atoms with Crippen LogP contribution in [0.4, 0.5) is 0 Å². The van der Waals surface area contributed by atoms with E-state index in [-0.39, 0.29) is 4.83 Å². The molecule has 108 valence electrons. The molecular weight excluding hydrogens is 304 g/mol. The van der Waals surface area contributed by atoms with E-state index in [1.165, 1.54) is 25.7 Å². The maximum atomic E-state index is 5.36. The molecule has 0 aliphatic heterocycles. The summed E-state index contributed by atoms with van der Waals surface area (Å²) < 4.78 is 5.36. The van der Waals surface area contributed by atoms with Crippen molar-refractivity contribution < 1.29 is 4.52 Å². The average molecular weight is 329 g/mol. The van der Waals surface area contributed by atoms with Gasteiger partial charge in [-0.2, -0.15) is 4.98 Å². The molecule has 1 aliphatic rings. The van der Waals surface area contributed by atoms with Crippen LogP contribution in [0.15, 0.2) is 4.52 Å². The third-order valence-corrected chi connectivity index (χ3v) is 5.44. The van der Waals surface area contributed by atoms with Crippen molar-refractivity contribution >= 4 is 15.9 Å². The van der Waals surface area contributed by atoms with Crippen molar-refractivity contribution in [1.82, 2.24) is 10.1 Å². The van der Waals surface area contributed by atoms with Gasteiger partial charge in [0.15, 0.2) is 5.82 Å². The van der Waals surface area contributed by atoms with E-state index in [9.17, 15) is 0 Å². The number of halogens is 1. The highest BCUT2D eigenvalue weighted by atomic mass is 79.9. The third kappa shape index (κ3) is 3.59. The number of nitrogens with zero attached hydrogens (tertiary/aromatic N) is 2. The van der Waals surface area contributed by atoms with Crippen LogP contribution in [0.3, 0.4) is 0 Å². The molecular formula is C15H25BrN2O. The van der Waals surface area contributed by atoms with E-state index in [1.54, 1.807) is 0 Å². The highest BCUT2D eigenvalue weighted by Gasteiger charge is 2.32. The van der Waals surface area contributed by atoms with E-state index in [0.717, 1.165) is 24.1 Å². The number of hydrogen-bond donors (Lipinski definition) is 0. The molecule has 1 unspecified atom stereocenters. The summed E-state index contributed by atoms with van der Waals surface area (Å²) in [5.41, 5.74) is 0.427. The fourth-order valence-corrected chi connectivity index (χ4v) is 3.12. The second kappa shape index (κ2) is 5.94. The van der Waals surface area contributed by atoms with Crippen LogP contribution in [-0.4, -0.2) is 10.1 Å². The Morgan fingerprint density at radius 2 is 1.89 bits per heavy atom.